The molecule has 37 heavy (non-hydrogen) atoms. The molecule has 0 bridgehead atoms. The number of halogens is 2. The number of hydrogen-bond donors (Lipinski definition) is 3. The zero-order chi connectivity index (χ0) is 26.6. The van der Waals surface area contributed by atoms with Crippen LogP contribution in [0.15, 0.2) is 89.7 Å². The predicted octanol–water partition coefficient (Wildman–Crippen LogP) is 6.36. The van der Waals surface area contributed by atoms with Gasteiger partial charge in [0.2, 0.25) is 11.9 Å². The van der Waals surface area contributed by atoms with Gasteiger partial charge in [-0.15, -0.1) is 0 Å². The highest BCUT2D eigenvalue weighted by Crippen LogP contribution is 2.47. The molecule has 1 aliphatic rings. The number of carbonyl (C=O) groups is 1. The van der Waals surface area contributed by atoms with Crippen LogP contribution in [-0.4, -0.2) is 31.3 Å². The van der Waals surface area contributed by atoms with Gasteiger partial charge in [-0.1, -0.05) is 30.4 Å². The Balaban J connectivity index is 1.53. The van der Waals surface area contributed by atoms with Crippen LogP contribution in [0.3, 0.4) is 0 Å². The van der Waals surface area contributed by atoms with Crippen molar-refractivity contribution in [1.82, 2.24) is 10.3 Å². The Labute approximate surface area is 216 Å². The first-order chi connectivity index (χ1) is 17.6. The minimum atomic E-state index is -2.82. The Kier molecular flexibility index (Phi) is 7.77. The summed E-state index contributed by atoms with van der Waals surface area (Å²) in [5.41, 5.74) is 1.03. The number of carbonyl (C=O) groups excluding carboxylic acids is 1. The molecule has 0 spiro atoms. The molecule has 1 amide bonds. The number of benzene rings is 2. The van der Waals surface area contributed by atoms with Crippen molar-refractivity contribution in [3.63, 3.8) is 0 Å². The fraction of sp³-hybridized carbons (Fsp3) is 0.214. The normalized spacial score (nSPS) is 18.0. The van der Waals surface area contributed by atoms with E-state index in [1.165, 1.54) is 30.5 Å². The number of nitrogens with one attached hydrogen (secondary N) is 1. The summed E-state index contributed by atoms with van der Waals surface area (Å²) in [6, 6.07) is 15.3. The predicted molar refractivity (Wildman–Crippen MR) is 140 cm³/mol. The molecule has 6 nitrogen and oxygen atoms in total. The molecule has 1 heterocycles. The maximum absolute atomic E-state index is 13.8. The maximum atomic E-state index is 13.8. The fourth-order valence-corrected chi connectivity index (χ4v) is 4.97. The molecule has 3 N–H and O–H groups in total. The van der Waals surface area contributed by atoms with Crippen molar-refractivity contribution in [1.29, 1.82) is 0 Å². The van der Waals surface area contributed by atoms with Crippen molar-refractivity contribution < 1.29 is 27.4 Å². The van der Waals surface area contributed by atoms with Gasteiger partial charge < -0.3 is 10.1 Å². The van der Waals surface area contributed by atoms with E-state index in [4.69, 9.17) is 4.74 Å². The minimum absolute atomic E-state index is 0.0846. The van der Waals surface area contributed by atoms with Gasteiger partial charge in [0.15, 0.2) is 0 Å². The summed E-state index contributed by atoms with van der Waals surface area (Å²) in [5.74, 6) is -0.399. The van der Waals surface area contributed by atoms with Gasteiger partial charge in [0.05, 0.1) is 16.9 Å². The first-order valence-corrected chi connectivity index (χ1v) is 13.4. The van der Waals surface area contributed by atoms with E-state index in [1.807, 2.05) is 13.0 Å². The van der Waals surface area contributed by atoms with Crippen LogP contribution in [0.1, 0.15) is 31.4 Å². The second-order valence-corrected chi connectivity index (χ2v) is 11.4. The number of aromatic nitrogens is 1. The number of ether oxygens (including phenoxy) is 1. The van der Waals surface area contributed by atoms with Crippen molar-refractivity contribution in [3.8, 4) is 5.75 Å². The Morgan fingerprint density at radius 1 is 1.14 bits per heavy atom. The van der Waals surface area contributed by atoms with E-state index in [0.29, 0.717) is 21.8 Å². The number of hydrogen-bond acceptors (Lipinski definition) is 5. The summed E-state index contributed by atoms with van der Waals surface area (Å²) >= 11 is 0. The molecule has 3 aromatic rings. The largest absolute Gasteiger partial charge is 0.461 e. The van der Waals surface area contributed by atoms with Gasteiger partial charge >= 0.3 is 0 Å². The lowest BCUT2D eigenvalue weighted by Gasteiger charge is -2.33. The first-order valence-electron chi connectivity index (χ1n) is 11.7. The number of rotatable bonds is 8. The van der Waals surface area contributed by atoms with Crippen molar-refractivity contribution in [2.45, 2.75) is 37.1 Å². The fourth-order valence-electron chi connectivity index (χ4n) is 4.06. The molecule has 194 valence electrons. The SMILES string of the molecule is CCS(O)(O)c1ccc(CC(=O)NC2(C)C=CC(c3ccnc(F)c3)=C(Oc3cccc(F)c3)C2)cc1. The second-order valence-electron chi connectivity index (χ2n) is 9.02. The van der Waals surface area contributed by atoms with E-state index in [-0.39, 0.29) is 30.3 Å². The third kappa shape index (κ3) is 6.62. The zero-order valence-corrected chi connectivity index (χ0v) is 21.3. The van der Waals surface area contributed by atoms with Crippen LogP contribution in [0, 0.1) is 11.8 Å². The molecule has 0 fully saturated rings. The topological polar surface area (TPSA) is 91.7 Å². The van der Waals surface area contributed by atoms with Gasteiger partial charge in [0.25, 0.3) is 0 Å². The molecule has 9 heteroatoms. The number of amides is 1. The average Bonchev–Trinajstić information content (AvgIpc) is 2.84. The molecule has 1 unspecified atom stereocenters. The molecule has 0 aliphatic heterocycles. The van der Waals surface area contributed by atoms with Crippen LogP contribution in [-0.2, 0) is 11.2 Å². The third-order valence-electron chi connectivity index (χ3n) is 6.01. The van der Waals surface area contributed by atoms with Crippen LogP contribution >= 0.6 is 10.6 Å². The van der Waals surface area contributed by atoms with E-state index >= 15 is 0 Å². The number of allylic oxidation sites excluding steroid dienone is 2. The molecular formula is C28H28F2N2O4S. The average molecular weight is 527 g/mol. The van der Waals surface area contributed by atoms with Crippen LogP contribution in [0.5, 0.6) is 5.75 Å². The summed E-state index contributed by atoms with van der Waals surface area (Å²) in [4.78, 5) is 17.0. The molecule has 2 aromatic carbocycles. The third-order valence-corrected chi connectivity index (χ3v) is 7.85. The Morgan fingerprint density at radius 2 is 1.89 bits per heavy atom. The molecule has 1 atom stereocenters. The van der Waals surface area contributed by atoms with Crippen molar-refractivity contribution >= 4 is 22.1 Å². The van der Waals surface area contributed by atoms with Crippen molar-refractivity contribution in [2.75, 3.05) is 5.75 Å². The Bertz CT molecular complexity index is 1360. The summed E-state index contributed by atoms with van der Waals surface area (Å²) in [5, 5.41) is 3.02. The summed E-state index contributed by atoms with van der Waals surface area (Å²) in [6.45, 7) is 3.53. The van der Waals surface area contributed by atoms with Crippen LogP contribution in [0.25, 0.3) is 5.57 Å². The lowest BCUT2D eigenvalue weighted by molar-refractivity contribution is -0.121. The van der Waals surface area contributed by atoms with Gasteiger partial charge in [-0.3, -0.25) is 13.9 Å². The molecule has 1 aliphatic carbocycles. The lowest BCUT2D eigenvalue weighted by atomic mass is 9.86. The molecule has 0 radical (unpaired) electrons. The molecule has 0 saturated heterocycles. The quantitative estimate of drug-likeness (QED) is 0.297. The molecule has 0 saturated carbocycles. The van der Waals surface area contributed by atoms with Crippen LogP contribution < -0.4 is 10.1 Å². The summed E-state index contributed by atoms with van der Waals surface area (Å²) < 4.78 is 53.8. The maximum Gasteiger partial charge on any atom is 0.225 e. The van der Waals surface area contributed by atoms with Crippen molar-refractivity contribution in [2.24, 2.45) is 0 Å². The number of pyridine rings is 1. The van der Waals surface area contributed by atoms with Crippen LogP contribution in [0.2, 0.25) is 0 Å². The highest BCUT2D eigenvalue weighted by molar-refractivity contribution is 8.24. The van der Waals surface area contributed by atoms with Gasteiger partial charge in [-0.2, -0.15) is 15.0 Å². The van der Waals surface area contributed by atoms with Gasteiger partial charge in [-0.25, -0.2) is 9.37 Å². The first kappa shape index (κ1) is 26.5. The smallest absolute Gasteiger partial charge is 0.225 e. The van der Waals surface area contributed by atoms with E-state index in [2.05, 4.69) is 10.3 Å². The van der Waals surface area contributed by atoms with E-state index in [9.17, 15) is 22.7 Å². The highest BCUT2D eigenvalue weighted by atomic mass is 32.3. The standard InChI is InChI=1S/C28H28F2N2O4S/c1-3-37(34,35)23-9-7-19(8-10-23)15-27(33)32-28(2)13-11-24(20-12-14-31-26(30)16-20)25(18-28)36-22-6-4-5-21(29)17-22/h4-14,16-17,34-35H,3,15,18H2,1-2H3,(H,32,33). The Hall–Kier alpha value is -3.53. The number of nitrogens with zero attached hydrogens (tertiary/aromatic N) is 1. The van der Waals surface area contributed by atoms with Gasteiger partial charge in [0.1, 0.15) is 17.3 Å². The zero-order valence-electron chi connectivity index (χ0n) is 20.4. The highest BCUT2D eigenvalue weighted by Gasteiger charge is 2.31. The van der Waals surface area contributed by atoms with E-state index in [1.54, 1.807) is 49.4 Å². The van der Waals surface area contributed by atoms with Crippen LogP contribution in [0.4, 0.5) is 8.78 Å². The summed E-state index contributed by atoms with van der Waals surface area (Å²) in [6.07, 6.45) is 5.24. The minimum Gasteiger partial charge on any atom is -0.461 e. The lowest BCUT2D eigenvalue weighted by Crippen LogP contribution is -2.46. The summed E-state index contributed by atoms with van der Waals surface area (Å²) in [7, 11) is -2.82. The van der Waals surface area contributed by atoms with E-state index in [0.717, 1.165) is 5.56 Å². The Morgan fingerprint density at radius 3 is 2.57 bits per heavy atom. The molecule has 1 aromatic heterocycles. The monoisotopic (exact) mass is 526 g/mol. The van der Waals surface area contributed by atoms with Gasteiger partial charge in [0, 0.05) is 36.1 Å². The van der Waals surface area contributed by atoms with E-state index < -0.39 is 27.9 Å². The molecular weight excluding hydrogens is 498 g/mol. The van der Waals surface area contributed by atoms with Crippen molar-refractivity contribution in [3.05, 3.63) is 108 Å². The molecule has 4 rings (SSSR count). The van der Waals surface area contributed by atoms with Gasteiger partial charge in [-0.05, 0) is 55.3 Å². The second kappa shape index (κ2) is 10.8.